The van der Waals surface area contributed by atoms with Crippen molar-refractivity contribution >= 4 is 17.5 Å². The summed E-state index contributed by atoms with van der Waals surface area (Å²) in [6, 6.07) is 7.15. The zero-order valence-electron chi connectivity index (χ0n) is 11.7. The fourth-order valence-electron chi connectivity index (χ4n) is 1.79. The molecule has 0 bridgehead atoms. The second-order valence-corrected chi connectivity index (χ2v) is 5.25. The second kappa shape index (κ2) is 5.64. The summed E-state index contributed by atoms with van der Waals surface area (Å²) in [7, 11) is 3.37. The molecular formula is C14H17ClN4O. The molecule has 106 valence electrons. The van der Waals surface area contributed by atoms with Gasteiger partial charge in [0.1, 0.15) is 0 Å². The van der Waals surface area contributed by atoms with E-state index in [9.17, 15) is 4.79 Å². The molecule has 0 saturated heterocycles. The van der Waals surface area contributed by atoms with Crippen LogP contribution >= 0.6 is 11.6 Å². The molecule has 5 nitrogen and oxygen atoms in total. The first-order valence-electron chi connectivity index (χ1n) is 6.23. The predicted molar refractivity (Wildman–Crippen MR) is 79.2 cm³/mol. The molecule has 0 aliphatic rings. The zero-order chi connectivity index (χ0) is 14.9. The van der Waals surface area contributed by atoms with Crippen LogP contribution in [-0.2, 0) is 0 Å². The average molecular weight is 293 g/mol. The maximum Gasteiger partial charge on any atom is 0.273 e. The van der Waals surface area contributed by atoms with E-state index in [-0.39, 0.29) is 11.9 Å². The Morgan fingerprint density at radius 2 is 2.10 bits per heavy atom. The van der Waals surface area contributed by atoms with Crippen LogP contribution in [0.15, 0.2) is 30.5 Å². The summed E-state index contributed by atoms with van der Waals surface area (Å²) in [6.07, 6.45) is 1.71. The Balaban J connectivity index is 2.35. The molecule has 1 aromatic heterocycles. The third-order valence-corrected chi connectivity index (χ3v) is 3.26. The summed E-state index contributed by atoms with van der Waals surface area (Å²) in [6.45, 7) is 1.90. The van der Waals surface area contributed by atoms with Crippen LogP contribution in [0.1, 0.15) is 29.0 Å². The molecule has 1 amide bonds. The molecule has 0 aliphatic heterocycles. The summed E-state index contributed by atoms with van der Waals surface area (Å²) in [5.41, 5.74) is 7.87. The Morgan fingerprint density at radius 1 is 1.40 bits per heavy atom. The van der Waals surface area contributed by atoms with Crippen LogP contribution in [0.5, 0.6) is 0 Å². The van der Waals surface area contributed by atoms with Gasteiger partial charge >= 0.3 is 0 Å². The van der Waals surface area contributed by atoms with Gasteiger partial charge in [-0.1, -0.05) is 17.7 Å². The highest BCUT2D eigenvalue weighted by molar-refractivity contribution is 6.32. The van der Waals surface area contributed by atoms with Gasteiger partial charge in [0.05, 0.1) is 10.7 Å². The van der Waals surface area contributed by atoms with Gasteiger partial charge in [0.2, 0.25) is 0 Å². The quantitative estimate of drug-likeness (QED) is 0.943. The lowest BCUT2D eigenvalue weighted by Gasteiger charge is -2.10. The van der Waals surface area contributed by atoms with E-state index in [2.05, 4.69) is 5.10 Å². The number of nitrogens with zero attached hydrogens (tertiary/aromatic N) is 3. The molecule has 0 spiro atoms. The Morgan fingerprint density at radius 3 is 2.65 bits per heavy atom. The van der Waals surface area contributed by atoms with Gasteiger partial charge in [-0.25, -0.2) is 4.68 Å². The van der Waals surface area contributed by atoms with Gasteiger partial charge in [0.15, 0.2) is 5.69 Å². The molecule has 1 atom stereocenters. The minimum Gasteiger partial charge on any atom is -0.343 e. The minimum absolute atomic E-state index is 0.0787. The first-order chi connectivity index (χ1) is 9.40. The highest BCUT2D eigenvalue weighted by atomic mass is 35.5. The maximum atomic E-state index is 11.8. The molecule has 1 heterocycles. The van der Waals surface area contributed by atoms with Crippen LogP contribution in [0.3, 0.4) is 0 Å². The van der Waals surface area contributed by atoms with E-state index in [1.54, 1.807) is 31.0 Å². The van der Waals surface area contributed by atoms with Crippen molar-refractivity contribution in [1.82, 2.24) is 14.7 Å². The van der Waals surface area contributed by atoms with Gasteiger partial charge < -0.3 is 10.6 Å². The predicted octanol–water partition coefficient (Wildman–Crippen LogP) is 2.25. The van der Waals surface area contributed by atoms with Gasteiger partial charge in [-0.15, -0.1) is 0 Å². The van der Waals surface area contributed by atoms with E-state index in [1.165, 1.54) is 4.90 Å². The molecular weight excluding hydrogens is 276 g/mol. The van der Waals surface area contributed by atoms with Crippen LogP contribution in [0, 0.1) is 0 Å². The second-order valence-electron chi connectivity index (χ2n) is 4.84. The molecule has 2 aromatic rings. The molecule has 0 radical (unpaired) electrons. The lowest BCUT2D eigenvalue weighted by atomic mass is 10.1. The average Bonchev–Trinajstić information content (AvgIpc) is 2.86. The van der Waals surface area contributed by atoms with Crippen molar-refractivity contribution < 1.29 is 4.79 Å². The topological polar surface area (TPSA) is 64.2 Å². The van der Waals surface area contributed by atoms with Crippen LogP contribution in [0.2, 0.25) is 5.02 Å². The van der Waals surface area contributed by atoms with E-state index in [4.69, 9.17) is 17.3 Å². The first kappa shape index (κ1) is 14.6. The molecule has 2 N–H and O–H groups in total. The Hall–Kier alpha value is -1.85. The number of benzene rings is 1. The number of hydrogen-bond donors (Lipinski definition) is 1. The number of amides is 1. The number of halogens is 1. The monoisotopic (exact) mass is 292 g/mol. The molecule has 0 saturated carbocycles. The summed E-state index contributed by atoms with van der Waals surface area (Å²) >= 11 is 6.25. The fraction of sp³-hybridized carbons (Fsp3) is 0.286. The Kier molecular flexibility index (Phi) is 4.11. The van der Waals surface area contributed by atoms with Crippen molar-refractivity contribution in [2.24, 2.45) is 5.73 Å². The van der Waals surface area contributed by atoms with Crippen LogP contribution in [0.25, 0.3) is 5.69 Å². The largest absolute Gasteiger partial charge is 0.343 e. The molecule has 1 unspecified atom stereocenters. The number of carbonyl (C=O) groups is 1. The molecule has 2 rings (SSSR count). The third-order valence-electron chi connectivity index (χ3n) is 2.96. The van der Waals surface area contributed by atoms with Crippen LogP contribution < -0.4 is 5.73 Å². The minimum atomic E-state index is -0.146. The first-order valence-corrected chi connectivity index (χ1v) is 6.60. The van der Waals surface area contributed by atoms with E-state index < -0.39 is 0 Å². The van der Waals surface area contributed by atoms with Gasteiger partial charge in [0, 0.05) is 26.3 Å². The molecule has 20 heavy (non-hydrogen) atoms. The highest BCUT2D eigenvalue weighted by Gasteiger charge is 2.13. The van der Waals surface area contributed by atoms with Crippen molar-refractivity contribution in [2.45, 2.75) is 13.0 Å². The summed E-state index contributed by atoms with van der Waals surface area (Å²) in [4.78, 5) is 13.3. The van der Waals surface area contributed by atoms with E-state index in [0.717, 1.165) is 5.56 Å². The van der Waals surface area contributed by atoms with Crippen molar-refractivity contribution in [3.63, 3.8) is 0 Å². The van der Waals surface area contributed by atoms with Gasteiger partial charge in [0.25, 0.3) is 5.91 Å². The molecule has 1 aromatic carbocycles. The summed E-state index contributed by atoms with van der Waals surface area (Å²) in [5.74, 6) is -0.146. The summed E-state index contributed by atoms with van der Waals surface area (Å²) in [5, 5.41) is 4.79. The SMILES string of the molecule is CC(N)c1ccc(-n2ccc(C(=O)N(C)C)n2)c(Cl)c1. The summed E-state index contributed by atoms with van der Waals surface area (Å²) < 4.78 is 1.59. The number of nitrogens with two attached hydrogens (primary N) is 1. The molecule has 0 fully saturated rings. The number of aromatic nitrogens is 2. The van der Waals surface area contributed by atoms with E-state index in [1.807, 2.05) is 25.1 Å². The highest BCUT2D eigenvalue weighted by Crippen LogP contribution is 2.24. The number of rotatable bonds is 3. The fourth-order valence-corrected chi connectivity index (χ4v) is 2.07. The number of carbonyl (C=O) groups excluding carboxylic acids is 1. The third kappa shape index (κ3) is 2.84. The van der Waals surface area contributed by atoms with Crippen molar-refractivity contribution in [3.05, 3.63) is 46.7 Å². The standard InChI is InChI=1S/C14H17ClN4O/c1-9(16)10-4-5-13(11(15)8-10)19-7-6-12(17-19)14(20)18(2)3/h4-9H,16H2,1-3H3. The van der Waals surface area contributed by atoms with Gasteiger partial charge in [-0.05, 0) is 30.7 Å². The lowest BCUT2D eigenvalue weighted by molar-refractivity contribution is 0.0821. The van der Waals surface area contributed by atoms with Crippen LogP contribution in [0.4, 0.5) is 0 Å². The Labute approximate surface area is 122 Å². The normalized spacial score (nSPS) is 12.2. The smallest absolute Gasteiger partial charge is 0.273 e. The maximum absolute atomic E-state index is 11.8. The van der Waals surface area contributed by atoms with Crippen molar-refractivity contribution in [3.8, 4) is 5.69 Å². The molecule has 0 aliphatic carbocycles. The van der Waals surface area contributed by atoms with Gasteiger partial charge in [-0.3, -0.25) is 4.79 Å². The van der Waals surface area contributed by atoms with Crippen LogP contribution in [-0.4, -0.2) is 34.7 Å². The Bertz CT molecular complexity index is 634. The number of hydrogen-bond acceptors (Lipinski definition) is 3. The lowest BCUT2D eigenvalue weighted by Crippen LogP contribution is -2.22. The van der Waals surface area contributed by atoms with Crippen molar-refractivity contribution in [2.75, 3.05) is 14.1 Å². The van der Waals surface area contributed by atoms with Crippen molar-refractivity contribution in [1.29, 1.82) is 0 Å². The zero-order valence-corrected chi connectivity index (χ0v) is 12.4. The van der Waals surface area contributed by atoms with E-state index >= 15 is 0 Å². The van der Waals surface area contributed by atoms with Gasteiger partial charge in [-0.2, -0.15) is 5.10 Å². The van der Waals surface area contributed by atoms with E-state index in [0.29, 0.717) is 16.4 Å². The molecule has 6 heteroatoms.